The van der Waals surface area contributed by atoms with Crippen LogP contribution in [0.4, 0.5) is 5.69 Å². The second-order valence-electron chi connectivity index (χ2n) is 7.31. The molecule has 1 saturated heterocycles. The Bertz CT molecular complexity index is 610. The van der Waals surface area contributed by atoms with Crippen molar-refractivity contribution in [3.8, 4) is 0 Å². The van der Waals surface area contributed by atoms with Crippen molar-refractivity contribution in [2.45, 2.75) is 51.4 Å². The third kappa shape index (κ3) is 3.94. The summed E-state index contributed by atoms with van der Waals surface area (Å²) in [5, 5.41) is 3.11. The lowest BCUT2D eigenvalue weighted by molar-refractivity contribution is -0.139. The van der Waals surface area contributed by atoms with Crippen LogP contribution in [0.3, 0.4) is 0 Å². The first-order valence-corrected chi connectivity index (χ1v) is 9.82. The highest BCUT2D eigenvalue weighted by Gasteiger charge is 2.46. The van der Waals surface area contributed by atoms with Crippen molar-refractivity contribution in [1.29, 1.82) is 0 Å². The molecular formula is C19H26N2O2S. The predicted octanol–water partition coefficient (Wildman–Crippen LogP) is 3.66. The Kier molecular flexibility index (Phi) is 5.18. The van der Waals surface area contributed by atoms with Crippen LogP contribution in [0.5, 0.6) is 0 Å². The monoisotopic (exact) mass is 346 g/mol. The molecule has 3 rings (SSSR count). The number of nitrogens with one attached hydrogen (secondary N) is 1. The summed E-state index contributed by atoms with van der Waals surface area (Å²) < 4.78 is 0. The number of carbonyl (C=O) groups excluding carboxylic acids is 2. The standard InChI is InChI=1S/C19H26N2O2S/c1-12(2)10-17-21(19(23)14-6-7-14)16(11-24-17)18(22)20-15-8-4-13(3)5-9-15/h4-5,8-9,12,14,16-17H,6-7,10-11H2,1-3H3,(H,20,22). The van der Waals surface area contributed by atoms with Gasteiger partial charge in [0.25, 0.3) is 0 Å². The van der Waals surface area contributed by atoms with Gasteiger partial charge in [0, 0.05) is 17.4 Å². The molecule has 2 fully saturated rings. The topological polar surface area (TPSA) is 49.4 Å². The summed E-state index contributed by atoms with van der Waals surface area (Å²) in [4.78, 5) is 27.4. The summed E-state index contributed by atoms with van der Waals surface area (Å²) >= 11 is 1.75. The zero-order valence-corrected chi connectivity index (χ0v) is 15.4. The predicted molar refractivity (Wildman–Crippen MR) is 98.9 cm³/mol. The van der Waals surface area contributed by atoms with E-state index in [0.717, 1.165) is 30.5 Å². The minimum absolute atomic E-state index is 0.0633. The first-order chi connectivity index (χ1) is 11.5. The van der Waals surface area contributed by atoms with Gasteiger partial charge in [-0.3, -0.25) is 9.59 Å². The van der Waals surface area contributed by atoms with Crippen molar-refractivity contribution < 1.29 is 9.59 Å². The Balaban J connectivity index is 1.73. The van der Waals surface area contributed by atoms with E-state index in [-0.39, 0.29) is 29.1 Å². The lowest BCUT2D eigenvalue weighted by atomic mass is 10.1. The number of rotatable bonds is 5. The number of aryl methyl sites for hydroxylation is 1. The average molecular weight is 346 g/mol. The largest absolute Gasteiger partial charge is 0.324 e. The molecule has 2 aliphatic rings. The number of thioether (sulfide) groups is 1. The molecule has 2 amide bonds. The fourth-order valence-electron chi connectivity index (χ4n) is 3.05. The molecule has 24 heavy (non-hydrogen) atoms. The van der Waals surface area contributed by atoms with Gasteiger partial charge in [-0.2, -0.15) is 0 Å². The second kappa shape index (κ2) is 7.18. The van der Waals surface area contributed by atoms with E-state index in [1.165, 1.54) is 0 Å². The molecular weight excluding hydrogens is 320 g/mol. The van der Waals surface area contributed by atoms with E-state index in [4.69, 9.17) is 0 Å². The minimum Gasteiger partial charge on any atom is -0.324 e. The summed E-state index contributed by atoms with van der Waals surface area (Å²) in [6.07, 6.45) is 2.89. The van der Waals surface area contributed by atoms with Crippen LogP contribution in [0.2, 0.25) is 0 Å². The van der Waals surface area contributed by atoms with Crippen LogP contribution in [-0.2, 0) is 9.59 Å². The van der Waals surface area contributed by atoms with Gasteiger partial charge in [0.2, 0.25) is 11.8 Å². The highest BCUT2D eigenvalue weighted by atomic mass is 32.2. The quantitative estimate of drug-likeness (QED) is 0.885. The Morgan fingerprint density at radius 2 is 1.92 bits per heavy atom. The molecule has 4 nitrogen and oxygen atoms in total. The summed E-state index contributed by atoms with van der Waals surface area (Å²) in [5.74, 6) is 1.46. The van der Waals surface area contributed by atoms with Gasteiger partial charge >= 0.3 is 0 Å². The summed E-state index contributed by atoms with van der Waals surface area (Å²) in [6.45, 7) is 6.35. The molecule has 1 heterocycles. The number of nitrogens with zero attached hydrogens (tertiary/aromatic N) is 1. The molecule has 0 bridgehead atoms. The molecule has 0 aromatic heterocycles. The lowest BCUT2D eigenvalue weighted by Gasteiger charge is -2.30. The first kappa shape index (κ1) is 17.3. The zero-order chi connectivity index (χ0) is 17.3. The van der Waals surface area contributed by atoms with Gasteiger partial charge < -0.3 is 10.2 Å². The van der Waals surface area contributed by atoms with Crippen LogP contribution in [0.25, 0.3) is 0 Å². The van der Waals surface area contributed by atoms with E-state index in [9.17, 15) is 9.59 Å². The smallest absolute Gasteiger partial charge is 0.248 e. The fraction of sp³-hybridized carbons (Fsp3) is 0.579. The van der Waals surface area contributed by atoms with Crippen LogP contribution in [-0.4, -0.2) is 33.9 Å². The van der Waals surface area contributed by atoms with Gasteiger partial charge in [-0.05, 0) is 44.2 Å². The first-order valence-electron chi connectivity index (χ1n) is 8.77. The van der Waals surface area contributed by atoms with E-state index < -0.39 is 0 Å². The van der Waals surface area contributed by atoms with Crippen LogP contribution in [0.1, 0.15) is 38.7 Å². The van der Waals surface area contributed by atoms with E-state index in [1.807, 2.05) is 36.1 Å². The molecule has 2 unspecified atom stereocenters. The molecule has 1 aliphatic carbocycles. The van der Waals surface area contributed by atoms with Gasteiger partial charge in [-0.15, -0.1) is 11.8 Å². The number of hydrogen-bond acceptors (Lipinski definition) is 3. The van der Waals surface area contributed by atoms with E-state index in [2.05, 4.69) is 19.2 Å². The maximum Gasteiger partial charge on any atom is 0.248 e. The molecule has 2 atom stereocenters. The molecule has 1 aromatic carbocycles. The van der Waals surface area contributed by atoms with Crippen LogP contribution in [0.15, 0.2) is 24.3 Å². The van der Waals surface area contributed by atoms with Crippen LogP contribution < -0.4 is 5.32 Å². The average Bonchev–Trinajstić information content (AvgIpc) is 3.30. The molecule has 1 aromatic rings. The molecule has 1 aliphatic heterocycles. The number of hydrogen-bond donors (Lipinski definition) is 1. The van der Waals surface area contributed by atoms with Crippen LogP contribution >= 0.6 is 11.8 Å². The fourth-order valence-corrected chi connectivity index (χ4v) is 4.70. The van der Waals surface area contributed by atoms with Crippen molar-refractivity contribution in [2.24, 2.45) is 11.8 Å². The minimum atomic E-state index is -0.354. The van der Waals surface area contributed by atoms with Crippen molar-refractivity contribution in [1.82, 2.24) is 4.90 Å². The molecule has 5 heteroatoms. The van der Waals surface area contributed by atoms with Crippen molar-refractivity contribution in [3.63, 3.8) is 0 Å². The van der Waals surface area contributed by atoms with Crippen molar-refractivity contribution >= 4 is 29.3 Å². The van der Waals surface area contributed by atoms with Crippen molar-refractivity contribution in [2.75, 3.05) is 11.1 Å². The highest BCUT2D eigenvalue weighted by molar-refractivity contribution is 8.00. The Labute approximate surface area is 148 Å². The maximum absolute atomic E-state index is 12.8. The zero-order valence-electron chi connectivity index (χ0n) is 14.6. The number of amides is 2. The van der Waals surface area contributed by atoms with Gasteiger partial charge in [0.05, 0.1) is 5.37 Å². The number of anilines is 1. The molecule has 1 saturated carbocycles. The third-order valence-electron chi connectivity index (χ3n) is 4.57. The van der Waals surface area contributed by atoms with Gasteiger partial charge in [-0.25, -0.2) is 0 Å². The van der Waals surface area contributed by atoms with Gasteiger partial charge in [-0.1, -0.05) is 31.5 Å². The Morgan fingerprint density at radius 3 is 2.50 bits per heavy atom. The summed E-state index contributed by atoms with van der Waals surface area (Å²) in [7, 11) is 0. The van der Waals surface area contributed by atoms with E-state index in [0.29, 0.717) is 11.7 Å². The second-order valence-corrected chi connectivity index (χ2v) is 8.52. The third-order valence-corrected chi connectivity index (χ3v) is 5.88. The van der Waals surface area contributed by atoms with E-state index in [1.54, 1.807) is 11.8 Å². The number of benzene rings is 1. The van der Waals surface area contributed by atoms with Gasteiger partial charge in [0.15, 0.2) is 0 Å². The number of carbonyl (C=O) groups is 2. The summed E-state index contributed by atoms with van der Waals surface area (Å²) in [6, 6.07) is 7.43. The Morgan fingerprint density at radius 1 is 1.25 bits per heavy atom. The maximum atomic E-state index is 12.8. The molecule has 0 radical (unpaired) electrons. The van der Waals surface area contributed by atoms with E-state index >= 15 is 0 Å². The van der Waals surface area contributed by atoms with Crippen LogP contribution in [0, 0.1) is 18.8 Å². The van der Waals surface area contributed by atoms with Crippen molar-refractivity contribution in [3.05, 3.63) is 29.8 Å². The Hall–Kier alpha value is -1.49. The molecule has 1 N–H and O–H groups in total. The summed E-state index contributed by atoms with van der Waals surface area (Å²) in [5.41, 5.74) is 1.95. The normalized spacial score (nSPS) is 23.6. The molecule has 0 spiro atoms. The molecule has 130 valence electrons. The lowest BCUT2D eigenvalue weighted by Crippen LogP contribution is -2.48. The SMILES string of the molecule is Cc1ccc(NC(=O)C2CSC(CC(C)C)N2C(=O)C2CC2)cc1. The van der Waals surface area contributed by atoms with Gasteiger partial charge in [0.1, 0.15) is 6.04 Å². The highest BCUT2D eigenvalue weighted by Crippen LogP contribution is 2.39.